The van der Waals surface area contributed by atoms with E-state index < -0.39 is 37.8 Å². The van der Waals surface area contributed by atoms with Crippen molar-refractivity contribution < 1.29 is 27.4 Å². The van der Waals surface area contributed by atoms with E-state index in [1.165, 1.54) is 7.11 Å². The first kappa shape index (κ1) is 18.1. The Labute approximate surface area is 130 Å². The molecule has 2 N–H and O–H groups in total. The largest absolute Gasteiger partial charge is 0.480 e. The molecule has 1 atom stereocenters. The third kappa shape index (κ3) is 4.52. The van der Waals surface area contributed by atoms with Gasteiger partial charge in [0.15, 0.2) is 5.82 Å². The average Bonchev–Trinajstić information content (AvgIpc) is 2.40. The summed E-state index contributed by atoms with van der Waals surface area (Å²) in [4.78, 5) is 10.4. The molecule has 21 heavy (non-hydrogen) atoms. The van der Waals surface area contributed by atoms with Crippen LogP contribution in [0.3, 0.4) is 0 Å². The van der Waals surface area contributed by atoms with Crippen molar-refractivity contribution in [1.82, 2.24) is 4.72 Å². The number of aliphatic carboxylic acids is 1. The number of sulfonamides is 1. The van der Waals surface area contributed by atoms with E-state index in [9.17, 15) is 17.6 Å². The Morgan fingerprint density at radius 2 is 2.10 bits per heavy atom. The maximum atomic E-state index is 13.5. The Balaban J connectivity index is 3.11. The maximum Gasteiger partial charge on any atom is 0.321 e. The lowest BCUT2D eigenvalue weighted by atomic mass is 10.2. The van der Waals surface area contributed by atoms with E-state index in [1.807, 2.05) is 4.72 Å². The molecule has 0 bridgehead atoms. The number of nitrogens with one attached hydrogen (secondary N) is 1. The molecule has 1 aromatic rings. The molecule has 0 aromatic heterocycles. The SMILES string of the molecule is COCCC(NS(=O)(=O)c1ccc(Cl)c(F)c1Cl)C(=O)O. The summed E-state index contributed by atoms with van der Waals surface area (Å²) in [5.74, 6) is -2.48. The maximum absolute atomic E-state index is 13.5. The number of rotatable bonds is 7. The fraction of sp³-hybridized carbons (Fsp3) is 0.364. The molecule has 0 saturated carbocycles. The Morgan fingerprint density at radius 1 is 1.48 bits per heavy atom. The van der Waals surface area contributed by atoms with Crippen molar-refractivity contribution in [2.75, 3.05) is 13.7 Å². The minimum absolute atomic E-state index is 0.0300. The number of benzene rings is 1. The van der Waals surface area contributed by atoms with Crippen molar-refractivity contribution >= 4 is 39.2 Å². The second-order valence-electron chi connectivity index (χ2n) is 3.97. The van der Waals surface area contributed by atoms with Crippen LogP contribution < -0.4 is 4.72 Å². The van der Waals surface area contributed by atoms with Gasteiger partial charge in [-0.15, -0.1) is 0 Å². The molecule has 0 saturated heterocycles. The molecule has 0 aliphatic carbocycles. The van der Waals surface area contributed by atoms with Crippen LogP contribution in [0.25, 0.3) is 0 Å². The van der Waals surface area contributed by atoms with Crippen molar-refractivity contribution in [2.24, 2.45) is 0 Å². The highest BCUT2D eigenvalue weighted by Crippen LogP contribution is 2.29. The Morgan fingerprint density at radius 3 is 2.62 bits per heavy atom. The highest BCUT2D eigenvalue weighted by molar-refractivity contribution is 7.89. The molecule has 0 fully saturated rings. The van der Waals surface area contributed by atoms with Crippen LogP contribution in [0, 0.1) is 5.82 Å². The predicted molar refractivity (Wildman–Crippen MR) is 74.7 cm³/mol. The molecule has 0 amide bonds. The minimum Gasteiger partial charge on any atom is -0.480 e. The van der Waals surface area contributed by atoms with Gasteiger partial charge in [-0.1, -0.05) is 23.2 Å². The van der Waals surface area contributed by atoms with Gasteiger partial charge in [0.1, 0.15) is 10.9 Å². The van der Waals surface area contributed by atoms with Crippen molar-refractivity contribution in [3.63, 3.8) is 0 Å². The molecule has 0 heterocycles. The number of hydrogen-bond donors (Lipinski definition) is 2. The van der Waals surface area contributed by atoms with E-state index >= 15 is 0 Å². The zero-order valence-electron chi connectivity index (χ0n) is 10.8. The quantitative estimate of drug-likeness (QED) is 0.725. The Hall–Kier alpha value is -0.930. The molecular formula is C11H12Cl2FNO5S. The van der Waals surface area contributed by atoms with Crippen molar-refractivity contribution in [3.05, 3.63) is 28.0 Å². The number of methoxy groups -OCH3 is 1. The van der Waals surface area contributed by atoms with Gasteiger partial charge in [0.25, 0.3) is 0 Å². The van der Waals surface area contributed by atoms with Crippen LogP contribution in [0.4, 0.5) is 4.39 Å². The number of ether oxygens (including phenoxy) is 1. The van der Waals surface area contributed by atoms with Crippen LogP contribution in [0.2, 0.25) is 10.0 Å². The standard InChI is InChI=1S/C11H12Cl2FNO5S/c1-20-5-4-7(11(16)17)15-21(18,19)8-3-2-6(12)10(14)9(8)13/h2-3,7,15H,4-5H2,1H3,(H,16,17). The molecule has 1 rings (SSSR count). The number of halogens is 3. The van der Waals surface area contributed by atoms with Gasteiger partial charge in [-0.05, 0) is 18.6 Å². The van der Waals surface area contributed by atoms with Gasteiger partial charge < -0.3 is 9.84 Å². The molecule has 0 radical (unpaired) electrons. The topological polar surface area (TPSA) is 92.7 Å². The summed E-state index contributed by atoms with van der Waals surface area (Å²) in [6.07, 6.45) is -0.0985. The van der Waals surface area contributed by atoms with Gasteiger partial charge in [-0.3, -0.25) is 4.79 Å². The molecule has 1 aromatic carbocycles. The first-order valence-electron chi connectivity index (χ1n) is 5.58. The minimum atomic E-state index is -4.32. The van der Waals surface area contributed by atoms with Gasteiger partial charge in [-0.2, -0.15) is 4.72 Å². The molecule has 0 spiro atoms. The van der Waals surface area contributed by atoms with Crippen LogP contribution in [0.5, 0.6) is 0 Å². The number of carboxylic acid groups (broad SMARTS) is 1. The Bertz CT molecular complexity index is 638. The lowest BCUT2D eigenvalue weighted by molar-refractivity contribution is -0.139. The molecule has 1 unspecified atom stereocenters. The zero-order valence-corrected chi connectivity index (χ0v) is 13.1. The second-order valence-corrected chi connectivity index (χ2v) is 6.43. The first-order chi connectivity index (χ1) is 9.70. The molecule has 0 aliphatic heterocycles. The van der Waals surface area contributed by atoms with Crippen LogP contribution in [0.15, 0.2) is 17.0 Å². The Kier molecular flexibility index (Phi) is 6.36. The summed E-state index contributed by atoms with van der Waals surface area (Å²) < 4.78 is 44.3. The van der Waals surface area contributed by atoms with Crippen LogP contribution in [0.1, 0.15) is 6.42 Å². The summed E-state index contributed by atoms with van der Waals surface area (Å²) in [5.41, 5.74) is 0. The molecule has 6 nitrogen and oxygen atoms in total. The van der Waals surface area contributed by atoms with Crippen LogP contribution >= 0.6 is 23.2 Å². The van der Waals surface area contributed by atoms with Crippen molar-refractivity contribution in [1.29, 1.82) is 0 Å². The van der Waals surface area contributed by atoms with E-state index in [0.29, 0.717) is 0 Å². The van der Waals surface area contributed by atoms with Gasteiger partial charge >= 0.3 is 5.97 Å². The van der Waals surface area contributed by atoms with Crippen LogP contribution in [-0.4, -0.2) is 39.3 Å². The smallest absolute Gasteiger partial charge is 0.321 e. The van der Waals surface area contributed by atoms with E-state index in [0.717, 1.165) is 12.1 Å². The normalized spacial score (nSPS) is 13.1. The number of hydrogen-bond acceptors (Lipinski definition) is 4. The van der Waals surface area contributed by atoms with Crippen molar-refractivity contribution in [2.45, 2.75) is 17.4 Å². The van der Waals surface area contributed by atoms with Gasteiger partial charge in [0.05, 0.1) is 10.0 Å². The number of carboxylic acids is 1. The second kappa shape index (κ2) is 7.37. The third-order valence-electron chi connectivity index (χ3n) is 2.50. The highest BCUT2D eigenvalue weighted by Gasteiger charge is 2.28. The molecule has 118 valence electrons. The lowest BCUT2D eigenvalue weighted by Gasteiger charge is -2.15. The predicted octanol–water partition coefficient (Wildman–Crippen LogP) is 1.90. The van der Waals surface area contributed by atoms with E-state index in [-0.39, 0.29) is 18.1 Å². The van der Waals surface area contributed by atoms with Gasteiger partial charge in [0.2, 0.25) is 10.0 Å². The average molecular weight is 360 g/mol. The fourth-order valence-electron chi connectivity index (χ4n) is 1.44. The molecule has 10 heteroatoms. The summed E-state index contributed by atoms with van der Waals surface area (Å²) >= 11 is 11.1. The summed E-state index contributed by atoms with van der Waals surface area (Å²) in [5, 5.41) is 7.92. The van der Waals surface area contributed by atoms with Gasteiger partial charge in [0, 0.05) is 13.7 Å². The lowest BCUT2D eigenvalue weighted by Crippen LogP contribution is -2.41. The van der Waals surface area contributed by atoms with E-state index in [2.05, 4.69) is 0 Å². The van der Waals surface area contributed by atoms with Crippen LogP contribution in [-0.2, 0) is 19.6 Å². The zero-order chi connectivity index (χ0) is 16.2. The summed E-state index contributed by atoms with van der Waals surface area (Å²) in [7, 11) is -2.98. The first-order valence-corrected chi connectivity index (χ1v) is 7.82. The van der Waals surface area contributed by atoms with E-state index in [1.54, 1.807) is 0 Å². The van der Waals surface area contributed by atoms with E-state index in [4.69, 9.17) is 33.0 Å². The molecular weight excluding hydrogens is 348 g/mol. The van der Waals surface area contributed by atoms with Gasteiger partial charge in [-0.25, -0.2) is 12.8 Å². The summed E-state index contributed by atoms with van der Waals surface area (Å²) in [6.45, 7) is 0.0300. The van der Waals surface area contributed by atoms with Crippen molar-refractivity contribution in [3.8, 4) is 0 Å². The monoisotopic (exact) mass is 359 g/mol. The fourth-order valence-corrected chi connectivity index (χ4v) is 3.40. The third-order valence-corrected chi connectivity index (χ3v) is 4.78. The summed E-state index contributed by atoms with van der Waals surface area (Å²) in [6, 6.07) is 0.581. The molecule has 0 aliphatic rings. The highest BCUT2D eigenvalue weighted by atomic mass is 35.5. The number of carbonyl (C=O) groups is 1.